The number of hydrogen-bond donors (Lipinski definition) is 3. The van der Waals surface area contributed by atoms with Crippen molar-refractivity contribution in [2.45, 2.75) is 64.8 Å². The Labute approximate surface area is 232 Å². The lowest BCUT2D eigenvalue weighted by Gasteiger charge is -2.24. The average molecular weight is 541 g/mol. The number of carboxylic acids is 1. The van der Waals surface area contributed by atoms with Crippen LogP contribution in [0.25, 0.3) is 0 Å². The number of amides is 1. The van der Waals surface area contributed by atoms with Gasteiger partial charge >= 0.3 is 5.97 Å². The maximum Gasteiger partial charge on any atom is 0.326 e. The number of ether oxygens (including phenoxy) is 2. The molecule has 0 spiro atoms. The molecule has 1 amide bonds. The molecule has 1 aromatic carbocycles. The summed E-state index contributed by atoms with van der Waals surface area (Å²) in [5.41, 5.74) is 2.38. The summed E-state index contributed by atoms with van der Waals surface area (Å²) in [6, 6.07) is 10.9. The van der Waals surface area contributed by atoms with Crippen molar-refractivity contribution in [3.8, 4) is 11.5 Å². The number of carbonyl (C=O) groups excluding carboxylic acids is 1. The number of pyridine rings is 1. The lowest BCUT2D eigenvalue weighted by atomic mass is 10.1. The first kappa shape index (κ1) is 30.2. The fraction of sp³-hybridized carbons (Fsp3) is 0.567. The Morgan fingerprint density at radius 2 is 1.95 bits per heavy atom. The van der Waals surface area contributed by atoms with E-state index in [1.54, 1.807) is 7.11 Å². The topological polar surface area (TPSA) is 113 Å². The van der Waals surface area contributed by atoms with E-state index in [0.717, 1.165) is 68.2 Å². The van der Waals surface area contributed by atoms with Crippen LogP contribution in [0.2, 0.25) is 0 Å². The smallest absolute Gasteiger partial charge is 0.326 e. The van der Waals surface area contributed by atoms with Gasteiger partial charge in [0.25, 0.3) is 0 Å². The van der Waals surface area contributed by atoms with E-state index in [9.17, 15) is 14.7 Å². The molecule has 3 rings (SSSR count). The number of carboxylic acid groups (broad SMARTS) is 1. The molecular weight excluding hydrogens is 496 g/mol. The van der Waals surface area contributed by atoms with E-state index in [-0.39, 0.29) is 11.8 Å². The van der Waals surface area contributed by atoms with Crippen LogP contribution in [0.5, 0.6) is 11.5 Å². The second-order valence-corrected chi connectivity index (χ2v) is 10.5. The van der Waals surface area contributed by atoms with E-state index in [0.29, 0.717) is 32.5 Å². The van der Waals surface area contributed by atoms with Crippen LogP contribution in [0.1, 0.15) is 57.2 Å². The number of aromatic nitrogens is 1. The molecule has 1 atom stereocenters. The Balaban J connectivity index is 1.52. The van der Waals surface area contributed by atoms with Gasteiger partial charge in [-0.3, -0.25) is 9.69 Å². The van der Waals surface area contributed by atoms with Gasteiger partial charge in [-0.15, -0.1) is 0 Å². The fourth-order valence-electron chi connectivity index (χ4n) is 4.66. The number of aliphatic carboxylic acids is 1. The first-order valence-corrected chi connectivity index (χ1v) is 14.1. The van der Waals surface area contributed by atoms with E-state index >= 15 is 0 Å². The number of carbonyl (C=O) groups is 2. The van der Waals surface area contributed by atoms with Gasteiger partial charge in [-0.05, 0) is 74.8 Å². The summed E-state index contributed by atoms with van der Waals surface area (Å²) in [5, 5.41) is 15.8. The minimum Gasteiger partial charge on any atom is -0.497 e. The molecule has 39 heavy (non-hydrogen) atoms. The minimum absolute atomic E-state index is 0.171. The lowest BCUT2D eigenvalue weighted by molar-refractivity contribution is -0.142. The number of hydrogen-bond acceptors (Lipinski definition) is 7. The van der Waals surface area contributed by atoms with Crippen LogP contribution in [-0.2, 0) is 22.4 Å². The number of nitrogens with zero attached hydrogens (tertiary/aromatic N) is 2. The van der Waals surface area contributed by atoms with E-state index in [4.69, 9.17) is 14.5 Å². The second kappa shape index (κ2) is 15.9. The summed E-state index contributed by atoms with van der Waals surface area (Å²) in [5.74, 6) is 1.42. The first-order chi connectivity index (χ1) is 18.8. The molecule has 2 aromatic rings. The predicted molar refractivity (Wildman–Crippen MR) is 153 cm³/mol. The van der Waals surface area contributed by atoms with E-state index in [2.05, 4.69) is 27.7 Å². The van der Waals surface area contributed by atoms with Gasteiger partial charge in [-0.25, -0.2) is 9.78 Å². The molecule has 9 heteroatoms. The third kappa shape index (κ3) is 10.8. The average Bonchev–Trinajstić information content (AvgIpc) is 2.92. The quantitative estimate of drug-likeness (QED) is 0.257. The minimum atomic E-state index is -1.01. The van der Waals surface area contributed by atoms with Crippen LogP contribution in [0.4, 0.5) is 5.82 Å². The van der Waals surface area contributed by atoms with Gasteiger partial charge in [0.1, 0.15) is 30.0 Å². The van der Waals surface area contributed by atoms with Crippen LogP contribution in [-0.4, -0.2) is 72.8 Å². The molecular formula is C30H44N4O5. The molecule has 9 nitrogen and oxygen atoms in total. The predicted octanol–water partition coefficient (Wildman–Crippen LogP) is 4.16. The zero-order chi connectivity index (χ0) is 28.0. The van der Waals surface area contributed by atoms with Crippen LogP contribution in [0.3, 0.4) is 0 Å². The number of unbranched alkanes of at least 4 members (excludes halogenated alkanes) is 1. The van der Waals surface area contributed by atoms with E-state index < -0.39 is 12.0 Å². The number of aryl methyl sites for hydroxylation is 2. The van der Waals surface area contributed by atoms with Crippen molar-refractivity contribution < 1.29 is 24.2 Å². The van der Waals surface area contributed by atoms with Crippen molar-refractivity contribution in [3.63, 3.8) is 0 Å². The molecule has 3 N–H and O–H groups in total. The molecule has 1 aliphatic heterocycles. The highest BCUT2D eigenvalue weighted by atomic mass is 16.5. The molecule has 1 aromatic heterocycles. The number of anilines is 1. The number of rotatable bonds is 17. The number of methoxy groups -OCH3 is 1. The molecule has 0 radical (unpaired) electrons. The molecule has 0 fully saturated rings. The van der Waals surface area contributed by atoms with Crippen molar-refractivity contribution in [2.75, 3.05) is 45.2 Å². The highest BCUT2D eigenvalue weighted by Gasteiger charge is 2.21. The molecule has 0 aliphatic carbocycles. The number of fused-ring (bicyclic) bond motifs is 1. The molecule has 0 bridgehead atoms. The van der Waals surface area contributed by atoms with Gasteiger partial charge in [0.05, 0.1) is 7.11 Å². The molecule has 1 aliphatic rings. The van der Waals surface area contributed by atoms with Gasteiger partial charge in [0.2, 0.25) is 5.91 Å². The SMILES string of the molecule is COc1cccc(OCCN(CCCCc2ccc3c(n2)NCCC3)CC[C@H](NC(=O)CC(C)C)C(=O)O)c1. The van der Waals surface area contributed by atoms with E-state index in [1.165, 1.54) is 5.56 Å². The summed E-state index contributed by atoms with van der Waals surface area (Å²) >= 11 is 0. The molecule has 0 saturated carbocycles. The molecule has 0 unspecified atom stereocenters. The van der Waals surface area contributed by atoms with Crippen molar-refractivity contribution in [3.05, 3.63) is 47.7 Å². The summed E-state index contributed by atoms with van der Waals surface area (Å²) in [6.07, 6.45) is 5.69. The summed E-state index contributed by atoms with van der Waals surface area (Å²) < 4.78 is 11.2. The van der Waals surface area contributed by atoms with Gasteiger partial charge in [0, 0.05) is 37.8 Å². The van der Waals surface area contributed by atoms with Crippen LogP contribution < -0.4 is 20.1 Å². The molecule has 214 valence electrons. The highest BCUT2D eigenvalue weighted by Crippen LogP contribution is 2.21. The van der Waals surface area contributed by atoms with Gasteiger partial charge in [-0.2, -0.15) is 0 Å². The Kier molecular flexibility index (Phi) is 12.3. The van der Waals surface area contributed by atoms with Gasteiger partial charge in [0.15, 0.2) is 0 Å². The normalized spacial score (nSPS) is 13.5. The van der Waals surface area contributed by atoms with Gasteiger partial charge < -0.3 is 25.2 Å². The summed E-state index contributed by atoms with van der Waals surface area (Å²) in [4.78, 5) is 31.0. The maximum absolute atomic E-state index is 12.2. The zero-order valence-corrected chi connectivity index (χ0v) is 23.6. The Morgan fingerprint density at radius 1 is 1.13 bits per heavy atom. The number of nitrogens with one attached hydrogen (secondary N) is 2. The third-order valence-corrected chi connectivity index (χ3v) is 6.79. The molecule has 2 heterocycles. The van der Waals surface area contributed by atoms with Crippen LogP contribution in [0, 0.1) is 5.92 Å². The van der Waals surface area contributed by atoms with Crippen molar-refractivity contribution >= 4 is 17.7 Å². The summed E-state index contributed by atoms with van der Waals surface area (Å²) in [7, 11) is 1.62. The van der Waals surface area contributed by atoms with Crippen molar-refractivity contribution in [1.29, 1.82) is 0 Å². The number of benzene rings is 1. The Hall–Kier alpha value is -3.33. The second-order valence-electron chi connectivity index (χ2n) is 10.5. The third-order valence-electron chi connectivity index (χ3n) is 6.79. The zero-order valence-electron chi connectivity index (χ0n) is 23.6. The lowest BCUT2D eigenvalue weighted by Crippen LogP contribution is -2.44. The molecule has 0 saturated heterocycles. The van der Waals surface area contributed by atoms with Gasteiger partial charge in [-0.1, -0.05) is 26.0 Å². The maximum atomic E-state index is 12.2. The Morgan fingerprint density at radius 3 is 2.72 bits per heavy atom. The standard InChI is InChI=1S/C30H44N4O5/c1-22(2)20-28(35)33-27(30(36)37)14-17-34(18-19-39-26-11-6-10-25(21-26)38-3)16-5-4-9-24-13-12-23-8-7-15-31-29(23)32-24/h6,10-13,21-22,27H,4-5,7-9,14-20H2,1-3H3,(H,31,32)(H,33,35)(H,36,37)/t27-/m0/s1. The Bertz CT molecular complexity index is 1060. The highest BCUT2D eigenvalue weighted by molar-refractivity contribution is 5.83. The van der Waals surface area contributed by atoms with Crippen molar-refractivity contribution in [2.24, 2.45) is 5.92 Å². The fourth-order valence-corrected chi connectivity index (χ4v) is 4.66. The first-order valence-electron chi connectivity index (χ1n) is 14.1. The largest absolute Gasteiger partial charge is 0.497 e. The van der Waals surface area contributed by atoms with Crippen molar-refractivity contribution in [1.82, 2.24) is 15.2 Å². The van der Waals surface area contributed by atoms with Crippen LogP contribution in [0.15, 0.2) is 36.4 Å². The monoisotopic (exact) mass is 540 g/mol. The van der Waals surface area contributed by atoms with E-state index in [1.807, 2.05) is 38.1 Å². The van der Waals surface area contributed by atoms with Crippen LogP contribution >= 0.6 is 0 Å². The summed E-state index contributed by atoms with van der Waals surface area (Å²) in [6.45, 7) is 7.31.